The minimum absolute atomic E-state index is 0.147. The van der Waals surface area contributed by atoms with Crippen LogP contribution in [-0.4, -0.2) is 25.6 Å². The van der Waals surface area contributed by atoms with E-state index >= 15 is 0 Å². The van der Waals surface area contributed by atoms with Crippen LogP contribution in [0, 0.1) is 11.5 Å². The van der Waals surface area contributed by atoms with Gasteiger partial charge in [0, 0.05) is 16.8 Å². The Morgan fingerprint density at radius 2 is 1.66 bits per heavy atom. The maximum Gasteiger partial charge on any atom is 0.342 e. The fraction of sp³-hybridized carbons (Fsp3) is 0.304. The lowest BCUT2D eigenvalue weighted by molar-refractivity contribution is 0.00720. The number of ether oxygens (including phenoxy) is 1. The van der Waals surface area contributed by atoms with Crippen molar-refractivity contribution in [1.82, 2.24) is 0 Å². The van der Waals surface area contributed by atoms with Gasteiger partial charge < -0.3 is 15.8 Å². The molecule has 0 aromatic heterocycles. The average Bonchev–Trinajstić information content (AvgIpc) is 2.58. The van der Waals surface area contributed by atoms with Crippen molar-refractivity contribution in [1.29, 1.82) is 0 Å². The van der Waals surface area contributed by atoms with E-state index < -0.39 is 19.6 Å². The van der Waals surface area contributed by atoms with Gasteiger partial charge >= 0.3 is 5.97 Å². The predicted octanol–water partition coefficient (Wildman–Crippen LogP) is 4.71. The number of carbonyl (C=O) groups excluding carboxylic acids is 2. The summed E-state index contributed by atoms with van der Waals surface area (Å²) in [6.07, 6.45) is 0. The molecule has 2 aromatic rings. The number of rotatable bonds is 3. The number of anilines is 2. The number of esters is 1. The van der Waals surface area contributed by atoms with Crippen molar-refractivity contribution < 1.29 is 14.3 Å². The molecule has 0 aliphatic rings. The Balaban J connectivity index is 2.24. The molecule has 2 aromatic carbocycles. The maximum atomic E-state index is 12.7. The molecule has 2 rings (SSSR count). The van der Waals surface area contributed by atoms with Gasteiger partial charge in [0.05, 0.1) is 5.69 Å². The summed E-state index contributed by atoms with van der Waals surface area (Å²) in [6.45, 7) is 11.8. The summed E-state index contributed by atoms with van der Waals surface area (Å²) >= 11 is 0. The Bertz CT molecular complexity index is 972. The summed E-state index contributed by atoms with van der Waals surface area (Å²) in [4.78, 5) is 25.2. The van der Waals surface area contributed by atoms with Crippen molar-refractivity contribution in [2.75, 3.05) is 11.1 Å². The van der Waals surface area contributed by atoms with Crippen LogP contribution in [0.15, 0.2) is 42.5 Å². The maximum absolute atomic E-state index is 12.7. The standard InChI is InChI=1S/C23H28N2O3Si/c1-23(2,3)28-22(27)20-18(24)8-7-9-19(20)25-21(26)17-12-10-16(11-13-17)14-15-29(4,5)6/h7-13H,24H2,1-6H3,(H,25,26). The number of nitrogens with two attached hydrogens (primary N) is 1. The number of hydrogen-bond acceptors (Lipinski definition) is 4. The second kappa shape index (κ2) is 8.54. The zero-order valence-corrected chi connectivity index (χ0v) is 18.8. The number of nitrogens with one attached hydrogen (secondary N) is 1. The van der Waals surface area contributed by atoms with E-state index in [-0.39, 0.29) is 17.2 Å². The SMILES string of the molecule is CC(C)(C)OC(=O)c1c(N)cccc1NC(=O)c1ccc(C#C[Si](C)(C)C)cc1. The van der Waals surface area contributed by atoms with E-state index in [0.29, 0.717) is 11.3 Å². The van der Waals surface area contributed by atoms with Crippen molar-refractivity contribution >= 4 is 31.3 Å². The normalized spacial score (nSPS) is 11.2. The molecule has 0 heterocycles. The van der Waals surface area contributed by atoms with Crippen LogP contribution in [-0.2, 0) is 4.74 Å². The van der Waals surface area contributed by atoms with E-state index in [1.165, 1.54) is 0 Å². The van der Waals surface area contributed by atoms with Gasteiger partial charge in [-0.3, -0.25) is 4.79 Å². The molecule has 0 fully saturated rings. The van der Waals surface area contributed by atoms with E-state index in [9.17, 15) is 9.59 Å². The molecule has 0 aliphatic carbocycles. The van der Waals surface area contributed by atoms with E-state index in [1.54, 1.807) is 51.1 Å². The number of benzene rings is 2. The topological polar surface area (TPSA) is 81.4 Å². The molecule has 0 unspecified atom stereocenters. The van der Waals surface area contributed by atoms with E-state index in [2.05, 4.69) is 36.4 Å². The molecule has 0 spiro atoms. The van der Waals surface area contributed by atoms with Gasteiger partial charge in [-0.25, -0.2) is 4.79 Å². The Kier molecular flexibility index (Phi) is 6.55. The highest BCUT2D eigenvalue weighted by molar-refractivity contribution is 6.83. The van der Waals surface area contributed by atoms with Gasteiger partial charge in [-0.05, 0) is 57.2 Å². The molecule has 0 radical (unpaired) electrons. The lowest BCUT2D eigenvalue weighted by atomic mass is 10.1. The molecule has 1 amide bonds. The molecule has 0 atom stereocenters. The lowest BCUT2D eigenvalue weighted by Gasteiger charge is -2.21. The van der Waals surface area contributed by atoms with Gasteiger partial charge in [-0.15, -0.1) is 5.54 Å². The van der Waals surface area contributed by atoms with Crippen molar-refractivity contribution in [3.8, 4) is 11.5 Å². The lowest BCUT2D eigenvalue weighted by Crippen LogP contribution is -2.25. The second-order valence-electron chi connectivity index (χ2n) is 8.80. The van der Waals surface area contributed by atoms with Crippen LogP contribution in [0.5, 0.6) is 0 Å². The Morgan fingerprint density at radius 3 is 2.21 bits per heavy atom. The summed E-state index contributed by atoms with van der Waals surface area (Å²) in [6, 6.07) is 12.0. The average molecular weight is 409 g/mol. The molecule has 6 heteroatoms. The fourth-order valence-corrected chi connectivity index (χ4v) is 2.91. The van der Waals surface area contributed by atoms with E-state index in [1.807, 2.05) is 12.1 Å². The van der Waals surface area contributed by atoms with Gasteiger partial charge in [0.15, 0.2) is 0 Å². The van der Waals surface area contributed by atoms with Crippen LogP contribution in [0.2, 0.25) is 19.6 Å². The highest BCUT2D eigenvalue weighted by Gasteiger charge is 2.23. The molecular weight excluding hydrogens is 380 g/mol. The highest BCUT2D eigenvalue weighted by Crippen LogP contribution is 2.25. The van der Waals surface area contributed by atoms with Crippen molar-refractivity contribution in [3.63, 3.8) is 0 Å². The third kappa shape index (κ3) is 6.81. The summed E-state index contributed by atoms with van der Waals surface area (Å²) in [5.41, 5.74) is 10.6. The zero-order valence-electron chi connectivity index (χ0n) is 17.8. The molecule has 0 bridgehead atoms. The van der Waals surface area contributed by atoms with Crippen LogP contribution in [0.4, 0.5) is 11.4 Å². The van der Waals surface area contributed by atoms with Gasteiger partial charge in [0.25, 0.3) is 5.91 Å². The summed E-state index contributed by atoms with van der Waals surface area (Å²) in [5, 5.41) is 2.76. The first kappa shape index (κ1) is 22.2. The first-order chi connectivity index (χ1) is 13.4. The first-order valence-electron chi connectivity index (χ1n) is 9.42. The van der Waals surface area contributed by atoms with Crippen LogP contribution < -0.4 is 11.1 Å². The monoisotopic (exact) mass is 408 g/mol. The zero-order chi connectivity index (χ0) is 21.8. The van der Waals surface area contributed by atoms with Crippen LogP contribution in [0.1, 0.15) is 47.1 Å². The fourth-order valence-electron chi connectivity index (χ4n) is 2.39. The van der Waals surface area contributed by atoms with E-state index in [0.717, 1.165) is 5.56 Å². The largest absolute Gasteiger partial charge is 0.456 e. The summed E-state index contributed by atoms with van der Waals surface area (Å²) < 4.78 is 5.42. The summed E-state index contributed by atoms with van der Waals surface area (Å²) in [5.74, 6) is 2.23. The minimum atomic E-state index is -1.46. The predicted molar refractivity (Wildman–Crippen MR) is 121 cm³/mol. The third-order valence-electron chi connectivity index (χ3n) is 3.68. The Hall–Kier alpha value is -3.04. The number of nitrogen functional groups attached to an aromatic ring is 1. The molecule has 152 valence electrons. The van der Waals surface area contributed by atoms with Gasteiger partial charge in [0.2, 0.25) is 0 Å². The van der Waals surface area contributed by atoms with Crippen LogP contribution in [0.3, 0.4) is 0 Å². The Labute approximate surface area is 173 Å². The molecular formula is C23H28N2O3Si. The molecule has 0 aliphatic heterocycles. The second-order valence-corrected chi connectivity index (χ2v) is 13.6. The third-order valence-corrected chi connectivity index (χ3v) is 4.55. The smallest absolute Gasteiger partial charge is 0.342 e. The van der Waals surface area contributed by atoms with Gasteiger partial charge in [0.1, 0.15) is 19.2 Å². The van der Waals surface area contributed by atoms with Gasteiger partial charge in [-0.1, -0.05) is 31.6 Å². The molecule has 5 nitrogen and oxygen atoms in total. The minimum Gasteiger partial charge on any atom is -0.456 e. The highest BCUT2D eigenvalue weighted by atomic mass is 28.3. The van der Waals surface area contributed by atoms with Gasteiger partial charge in [-0.2, -0.15) is 0 Å². The number of hydrogen-bond donors (Lipinski definition) is 2. The molecule has 0 saturated heterocycles. The van der Waals surface area contributed by atoms with Crippen molar-refractivity contribution in [3.05, 3.63) is 59.2 Å². The number of amides is 1. The van der Waals surface area contributed by atoms with E-state index in [4.69, 9.17) is 10.5 Å². The molecule has 3 N–H and O–H groups in total. The van der Waals surface area contributed by atoms with Crippen LogP contribution >= 0.6 is 0 Å². The Morgan fingerprint density at radius 1 is 1.03 bits per heavy atom. The number of carbonyl (C=O) groups is 2. The summed E-state index contributed by atoms with van der Waals surface area (Å²) in [7, 11) is -1.46. The van der Waals surface area contributed by atoms with Crippen molar-refractivity contribution in [2.24, 2.45) is 0 Å². The van der Waals surface area contributed by atoms with Crippen LogP contribution in [0.25, 0.3) is 0 Å². The quantitative estimate of drug-likeness (QED) is 0.334. The van der Waals surface area contributed by atoms with Crippen molar-refractivity contribution in [2.45, 2.75) is 46.0 Å². The first-order valence-corrected chi connectivity index (χ1v) is 12.9. The molecule has 29 heavy (non-hydrogen) atoms. The molecule has 0 saturated carbocycles.